The summed E-state index contributed by atoms with van der Waals surface area (Å²) in [5.74, 6) is -0.103. The lowest BCUT2D eigenvalue weighted by molar-refractivity contribution is -0.384. The summed E-state index contributed by atoms with van der Waals surface area (Å²) in [6.45, 7) is 0. The van der Waals surface area contributed by atoms with Crippen molar-refractivity contribution in [3.05, 3.63) is 74.4 Å². The Hall–Kier alpha value is -2.47. The van der Waals surface area contributed by atoms with Crippen molar-refractivity contribution < 1.29 is 14.1 Å². The molecule has 0 fully saturated rings. The van der Waals surface area contributed by atoms with Gasteiger partial charge in [0.1, 0.15) is 5.58 Å². The molecule has 0 saturated heterocycles. The quantitative estimate of drug-likeness (QED) is 0.402. The number of furan rings is 1. The van der Waals surface area contributed by atoms with Crippen LogP contribution in [0.4, 0.5) is 5.69 Å². The summed E-state index contributed by atoms with van der Waals surface area (Å²) in [4.78, 5) is 22.4. The summed E-state index contributed by atoms with van der Waals surface area (Å²) in [5.41, 5.74) is 0.905. The summed E-state index contributed by atoms with van der Waals surface area (Å²) in [5, 5.41) is 11.4. The first-order chi connectivity index (χ1) is 10.0. The molecule has 0 spiro atoms. The zero-order chi connectivity index (χ0) is 15.0. The summed E-state index contributed by atoms with van der Waals surface area (Å²) in [7, 11) is 0. The minimum absolute atomic E-state index is 0.0555. The minimum atomic E-state index is -0.507. The number of halogens is 1. The number of rotatable bonds is 3. The summed E-state index contributed by atoms with van der Waals surface area (Å²) in [6.07, 6.45) is 0. The molecule has 5 nitrogen and oxygen atoms in total. The number of hydrogen-bond donors (Lipinski definition) is 0. The average molecular weight is 346 g/mol. The molecule has 0 N–H and O–H groups in total. The molecule has 3 aromatic rings. The van der Waals surface area contributed by atoms with E-state index in [9.17, 15) is 14.9 Å². The van der Waals surface area contributed by atoms with Gasteiger partial charge in [-0.2, -0.15) is 0 Å². The number of nitro groups is 1. The number of nitro benzene ring substituents is 1. The van der Waals surface area contributed by atoms with E-state index in [1.54, 1.807) is 12.1 Å². The molecule has 0 aliphatic rings. The number of ketones is 1. The van der Waals surface area contributed by atoms with Gasteiger partial charge in [0.05, 0.1) is 4.92 Å². The molecule has 6 heteroatoms. The third-order valence-electron chi connectivity index (χ3n) is 3.04. The van der Waals surface area contributed by atoms with Crippen molar-refractivity contribution >= 4 is 38.4 Å². The van der Waals surface area contributed by atoms with Gasteiger partial charge in [-0.05, 0) is 36.4 Å². The Balaban J connectivity index is 1.97. The Morgan fingerprint density at radius 2 is 1.81 bits per heavy atom. The molecule has 3 rings (SSSR count). The Kier molecular flexibility index (Phi) is 3.31. The SMILES string of the molecule is O=C(c1ccc([N+](=O)[O-])cc1)c1cc2cc(Br)ccc2o1. The maximum Gasteiger partial charge on any atom is 0.269 e. The molecular weight excluding hydrogens is 338 g/mol. The Labute approximate surface area is 127 Å². The van der Waals surface area contributed by atoms with Crippen molar-refractivity contribution in [1.29, 1.82) is 0 Å². The zero-order valence-corrected chi connectivity index (χ0v) is 12.2. The summed E-state index contributed by atoms with van der Waals surface area (Å²) in [6, 6.07) is 12.5. The molecule has 104 valence electrons. The van der Waals surface area contributed by atoms with Gasteiger partial charge in [-0.25, -0.2) is 0 Å². The van der Waals surface area contributed by atoms with Crippen molar-refractivity contribution in [2.45, 2.75) is 0 Å². The summed E-state index contributed by atoms with van der Waals surface area (Å²) >= 11 is 3.35. The molecule has 0 saturated carbocycles. The van der Waals surface area contributed by atoms with Crippen LogP contribution in [-0.2, 0) is 0 Å². The molecule has 0 radical (unpaired) electrons. The average Bonchev–Trinajstić information content (AvgIpc) is 2.89. The van der Waals surface area contributed by atoms with E-state index in [1.165, 1.54) is 24.3 Å². The van der Waals surface area contributed by atoms with Crippen LogP contribution in [0, 0.1) is 10.1 Å². The number of carbonyl (C=O) groups excluding carboxylic acids is 1. The van der Waals surface area contributed by atoms with Gasteiger partial charge in [0, 0.05) is 27.6 Å². The smallest absolute Gasteiger partial charge is 0.269 e. The first kappa shape index (κ1) is 13.5. The Morgan fingerprint density at radius 3 is 2.48 bits per heavy atom. The van der Waals surface area contributed by atoms with Crippen LogP contribution >= 0.6 is 15.9 Å². The number of nitrogens with zero attached hydrogens (tertiary/aromatic N) is 1. The van der Waals surface area contributed by atoms with Crippen LogP contribution in [-0.4, -0.2) is 10.7 Å². The number of benzene rings is 2. The van der Waals surface area contributed by atoms with Crippen molar-refractivity contribution in [3.8, 4) is 0 Å². The van der Waals surface area contributed by atoms with Gasteiger partial charge in [-0.1, -0.05) is 15.9 Å². The highest BCUT2D eigenvalue weighted by atomic mass is 79.9. The van der Waals surface area contributed by atoms with Crippen LogP contribution < -0.4 is 0 Å². The number of non-ortho nitro benzene ring substituents is 1. The van der Waals surface area contributed by atoms with Gasteiger partial charge >= 0.3 is 0 Å². The molecule has 0 aliphatic carbocycles. The fourth-order valence-corrected chi connectivity index (χ4v) is 2.38. The Morgan fingerprint density at radius 1 is 1.10 bits per heavy atom. The molecule has 1 aromatic heterocycles. The molecule has 0 amide bonds. The number of carbonyl (C=O) groups is 1. The lowest BCUT2D eigenvalue weighted by atomic mass is 10.1. The van der Waals surface area contributed by atoms with E-state index in [0.29, 0.717) is 11.1 Å². The first-order valence-corrected chi connectivity index (χ1v) is 6.82. The maximum absolute atomic E-state index is 12.3. The Bertz CT molecular complexity index is 852. The molecule has 21 heavy (non-hydrogen) atoms. The van der Waals surface area contributed by atoms with Crippen molar-refractivity contribution in [1.82, 2.24) is 0 Å². The molecule has 0 atom stereocenters. The van der Waals surface area contributed by atoms with Crippen LogP contribution in [0.15, 0.2) is 57.4 Å². The fourth-order valence-electron chi connectivity index (χ4n) is 2.00. The topological polar surface area (TPSA) is 73.3 Å². The third kappa shape index (κ3) is 2.57. The predicted molar refractivity (Wildman–Crippen MR) is 80.4 cm³/mol. The standard InChI is InChI=1S/C15H8BrNO4/c16-11-3-6-13-10(7-11)8-14(21-13)15(18)9-1-4-12(5-2-9)17(19)20/h1-8H. The zero-order valence-electron chi connectivity index (χ0n) is 10.6. The van der Waals surface area contributed by atoms with Gasteiger partial charge in [0.25, 0.3) is 5.69 Å². The van der Waals surface area contributed by atoms with E-state index in [2.05, 4.69) is 15.9 Å². The van der Waals surface area contributed by atoms with Gasteiger partial charge in [0.2, 0.25) is 5.78 Å². The summed E-state index contributed by atoms with van der Waals surface area (Å²) < 4.78 is 6.41. The third-order valence-corrected chi connectivity index (χ3v) is 3.54. The van der Waals surface area contributed by atoms with Crippen molar-refractivity contribution in [3.63, 3.8) is 0 Å². The predicted octanol–water partition coefficient (Wildman–Crippen LogP) is 4.33. The highest BCUT2D eigenvalue weighted by molar-refractivity contribution is 9.10. The van der Waals surface area contributed by atoms with Crippen molar-refractivity contribution in [2.75, 3.05) is 0 Å². The van der Waals surface area contributed by atoms with Crippen LogP contribution in [0.25, 0.3) is 11.0 Å². The second-order valence-electron chi connectivity index (χ2n) is 4.43. The van der Waals surface area contributed by atoms with Gasteiger partial charge in [0.15, 0.2) is 5.76 Å². The molecule has 0 aliphatic heterocycles. The molecule has 0 unspecified atom stereocenters. The molecule has 0 bridgehead atoms. The normalized spacial score (nSPS) is 10.7. The lowest BCUT2D eigenvalue weighted by Crippen LogP contribution is -1.99. The number of fused-ring (bicyclic) bond motifs is 1. The second-order valence-corrected chi connectivity index (χ2v) is 5.34. The molecule has 1 heterocycles. The van der Waals surface area contributed by atoms with Crippen LogP contribution in [0.5, 0.6) is 0 Å². The first-order valence-electron chi connectivity index (χ1n) is 6.03. The lowest BCUT2D eigenvalue weighted by Gasteiger charge is -1.97. The van der Waals surface area contributed by atoms with E-state index in [-0.39, 0.29) is 17.2 Å². The second kappa shape index (κ2) is 5.14. The van der Waals surface area contributed by atoms with Crippen LogP contribution in [0.1, 0.15) is 16.1 Å². The highest BCUT2D eigenvalue weighted by Gasteiger charge is 2.16. The monoisotopic (exact) mass is 345 g/mol. The van der Waals surface area contributed by atoms with Crippen LogP contribution in [0.2, 0.25) is 0 Å². The highest BCUT2D eigenvalue weighted by Crippen LogP contribution is 2.25. The maximum atomic E-state index is 12.3. The van der Waals surface area contributed by atoms with Gasteiger partial charge in [-0.15, -0.1) is 0 Å². The van der Waals surface area contributed by atoms with E-state index in [0.717, 1.165) is 9.86 Å². The van der Waals surface area contributed by atoms with E-state index < -0.39 is 4.92 Å². The largest absolute Gasteiger partial charge is 0.453 e. The van der Waals surface area contributed by atoms with Crippen molar-refractivity contribution in [2.24, 2.45) is 0 Å². The van der Waals surface area contributed by atoms with E-state index >= 15 is 0 Å². The minimum Gasteiger partial charge on any atom is -0.453 e. The van der Waals surface area contributed by atoms with Crippen LogP contribution in [0.3, 0.4) is 0 Å². The number of hydrogen-bond acceptors (Lipinski definition) is 4. The fraction of sp³-hybridized carbons (Fsp3) is 0. The van der Waals surface area contributed by atoms with Gasteiger partial charge in [-0.3, -0.25) is 14.9 Å². The molecular formula is C15H8BrNO4. The van der Waals surface area contributed by atoms with Gasteiger partial charge < -0.3 is 4.42 Å². The van der Waals surface area contributed by atoms with E-state index in [1.807, 2.05) is 12.1 Å². The molecule has 2 aromatic carbocycles. The van der Waals surface area contributed by atoms with E-state index in [4.69, 9.17) is 4.42 Å².